The summed E-state index contributed by atoms with van der Waals surface area (Å²) < 4.78 is 11.1. The number of methoxy groups -OCH3 is 1. The third kappa shape index (κ3) is 4.63. The fourth-order valence-corrected chi connectivity index (χ4v) is 2.13. The Kier molecular flexibility index (Phi) is 6.02. The van der Waals surface area contributed by atoms with Crippen molar-refractivity contribution in [2.75, 3.05) is 7.11 Å². The lowest BCUT2D eigenvalue weighted by Crippen LogP contribution is -2.40. The van der Waals surface area contributed by atoms with Gasteiger partial charge < -0.3 is 19.9 Å². The second kappa shape index (κ2) is 7.31. The Labute approximate surface area is 131 Å². The first kappa shape index (κ1) is 17.3. The van der Waals surface area contributed by atoms with Crippen molar-refractivity contribution in [1.82, 2.24) is 5.32 Å². The van der Waals surface area contributed by atoms with Crippen LogP contribution in [0.5, 0.6) is 11.5 Å². The number of carboxylic acid groups (broad SMARTS) is 1. The van der Waals surface area contributed by atoms with Crippen molar-refractivity contribution in [1.29, 1.82) is 0 Å². The van der Waals surface area contributed by atoms with Gasteiger partial charge in [-0.3, -0.25) is 4.79 Å². The maximum atomic E-state index is 11.9. The number of rotatable bonds is 6. The molecule has 0 spiro atoms. The van der Waals surface area contributed by atoms with Crippen LogP contribution in [0.15, 0.2) is 16.6 Å². The number of ether oxygens (including phenoxy) is 2. The van der Waals surface area contributed by atoms with Gasteiger partial charge in [0.1, 0.15) is 0 Å². The van der Waals surface area contributed by atoms with Crippen LogP contribution in [-0.4, -0.2) is 36.2 Å². The molecular formula is C14H18BrNO5. The zero-order chi connectivity index (χ0) is 16.2. The number of halogens is 1. The van der Waals surface area contributed by atoms with Crippen LogP contribution in [0.2, 0.25) is 0 Å². The first-order valence-electron chi connectivity index (χ1n) is 6.34. The Morgan fingerprint density at radius 3 is 2.38 bits per heavy atom. The van der Waals surface area contributed by atoms with E-state index in [0.717, 1.165) is 0 Å². The molecule has 0 heterocycles. The summed E-state index contributed by atoms with van der Waals surface area (Å²) in [5.41, 5.74) is 0.0605. The number of hydrogen-bond acceptors (Lipinski definition) is 4. The molecule has 116 valence electrons. The molecule has 0 aromatic heterocycles. The number of carboxylic acids is 1. The molecule has 0 fully saturated rings. The van der Waals surface area contributed by atoms with E-state index in [1.807, 2.05) is 13.8 Å². The second-order valence-electron chi connectivity index (χ2n) is 4.72. The highest BCUT2D eigenvalue weighted by molar-refractivity contribution is 9.10. The van der Waals surface area contributed by atoms with Gasteiger partial charge in [-0.15, -0.1) is 0 Å². The first-order valence-corrected chi connectivity index (χ1v) is 7.13. The van der Waals surface area contributed by atoms with Crippen LogP contribution in [0.4, 0.5) is 0 Å². The minimum atomic E-state index is -1.08. The second-order valence-corrected chi connectivity index (χ2v) is 5.57. The van der Waals surface area contributed by atoms with Crippen molar-refractivity contribution < 1.29 is 24.2 Å². The van der Waals surface area contributed by atoms with E-state index in [1.165, 1.54) is 19.2 Å². The van der Waals surface area contributed by atoms with Gasteiger partial charge in [0, 0.05) is 6.04 Å². The van der Waals surface area contributed by atoms with E-state index in [9.17, 15) is 9.59 Å². The van der Waals surface area contributed by atoms with Crippen molar-refractivity contribution in [2.45, 2.75) is 32.9 Å². The van der Waals surface area contributed by atoms with E-state index >= 15 is 0 Å². The van der Waals surface area contributed by atoms with Gasteiger partial charge in [0.15, 0.2) is 17.6 Å². The molecule has 21 heavy (non-hydrogen) atoms. The largest absolute Gasteiger partial charge is 0.493 e. The zero-order valence-electron chi connectivity index (χ0n) is 12.3. The summed E-state index contributed by atoms with van der Waals surface area (Å²) in [7, 11) is 1.40. The topological polar surface area (TPSA) is 84.9 Å². The fourth-order valence-electron chi connectivity index (χ4n) is 1.59. The minimum absolute atomic E-state index is 0.00303. The highest BCUT2D eigenvalue weighted by Crippen LogP contribution is 2.37. The normalized spacial score (nSPS) is 11.9. The number of amides is 1. The molecule has 0 saturated carbocycles. The van der Waals surface area contributed by atoms with Gasteiger partial charge in [0.25, 0.3) is 5.91 Å². The summed E-state index contributed by atoms with van der Waals surface area (Å²) in [5.74, 6) is -0.813. The summed E-state index contributed by atoms with van der Waals surface area (Å²) in [6.45, 7) is 5.31. The average Bonchev–Trinajstić information content (AvgIpc) is 2.39. The van der Waals surface area contributed by atoms with Crippen molar-refractivity contribution in [2.24, 2.45) is 0 Å². The standard InChI is InChI=1S/C14H18BrNO5/c1-7(2)16-13(17)8(3)21-12-10(15)5-9(14(18)19)6-11(12)20-4/h5-8H,1-4H3,(H,16,17)(H,18,19). The highest BCUT2D eigenvalue weighted by atomic mass is 79.9. The molecule has 6 nitrogen and oxygen atoms in total. The van der Waals surface area contributed by atoms with Crippen molar-refractivity contribution in [3.05, 3.63) is 22.2 Å². The van der Waals surface area contributed by atoms with Gasteiger partial charge in [-0.1, -0.05) is 0 Å². The number of benzene rings is 1. The van der Waals surface area contributed by atoms with Gasteiger partial charge in [-0.05, 0) is 48.8 Å². The molecule has 0 aliphatic rings. The third-order valence-corrected chi connectivity index (χ3v) is 3.16. The minimum Gasteiger partial charge on any atom is -0.493 e. The molecular weight excluding hydrogens is 342 g/mol. The molecule has 2 N–H and O–H groups in total. The lowest BCUT2D eigenvalue weighted by atomic mass is 10.2. The molecule has 1 aromatic rings. The number of hydrogen-bond donors (Lipinski definition) is 2. The van der Waals surface area contributed by atoms with E-state index in [1.54, 1.807) is 6.92 Å². The van der Waals surface area contributed by atoms with Crippen molar-refractivity contribution in [3.63, 3.8) is 0 Å². The van der Waals surface area contributed by atoms with Crippen molar-refractivity contribution in [3.8, 4) is 11.5 Å². The van der Waals surface area contributed by atoms with Crippen LogP contribution in [0, 0.1) is 0 Å². The highest BCUT2D eigenvalue weighted by Gasteiger charge is 2.21. The SMILES string of the molecule is COc1cc(C(=O)O)cc(Br)c1OC(C)C(=O)NC(C)C. The number of aromatic carboxylic acids is 1. The van der Waals surface area contributed by atoms with Crippen LogP contribution < -0.4 is 14.8 Å². The van der Waals surface area contributed by atoms with Gasteiger partial charge in [-0.25, -0.2) is 4.79 Å². The summed E-state index contributed by atoms with van der Waals surface area (Å²) in [4.78, 5) is 22.9. The summed E-state index contributed by atoms with van der Waals surface area (Å²) in [6.07, 6.45) is -0.742. The maximum Gasteiger partial charge on any atom is 0.335 e. The van der Waals surface area contributed by atoms with Crippen LogP contribution in [0.3, 0.4) is 0 Å². The molecule has 0 aliphatic heterocycles. The third-order valence-electron chi connectivity index (χ3n) is 2.57. The first-order chi connectivity index (χ1) is 9.76. The molecule has 0 aliphatic carbocycles. The van der Waals surface area contributed by atoms with Crippen LogP contribution in [-0.2, 0) is 4.79 Å². The average molecular weight is 360 g/mol. The van der Waals surface area contributed by atoms with Crippen LogP contribution in [0.25, 0.3) is 0 Å². The Morgan fingerprint density at radius 1 is 1.29 bits per heavy atom. The number of carbonyl (C=O) groups is 2. The van der Waals surface area contributed by atoms with Crippen LogP contribution >= 0.6 is 15.9 Å². The molecule has 1 rings (SSSR count). The lowest BCUT2D eigenvalue weighted by Gasteiger charge is -2.19. The van der Waals surface area contributed by atoms with Gasteiger partial charge >= 0.3 is 5.97 Å². The van der Waals surface area contributed by atoms with Gasteiger partial charge in [-0.2, -0.15) is 0 Å². The maximum absolute atomic E-state index is 11.9. The lowest BCUT2D eigenvalue weighted by molar-refractivity contribution is -0.127. The number of nitrogens with one attached hydrogen (secondary N) is 1. The Morgan fingerprint density at radius 2 is 1.90 bits per heavy atom. The van der Waals surface area contributed by atoms with E-state index in [0.29, 0.717) is 4.47 Å². The molecule has 0 saturated heterocycles. The summed E-state index contributed by atoms with van der Waals surface area (Å²) in [6, 6.07) is 2.74. The molecule has 1 amide bonds. The monoisotopic (exact) mass is 359 g/mol. The van der Waals surface area contributed by atoms with E-state index < -0.39 is 12.1 Å². The molecule has 0 radical (unpaired) electrons. The fraction of sp³-hybridized carbons (Fsp3) is 0.429. The quantitative estimate of drug-likeness (QED) is 0.814. The van der Waals surface area contributed by atoms with E-state index in [2.05, 4.69) is 21.2 Å². The predicted molar refractivity (Wildman–Crippen MR) is 81.0 cm³/mol. The molecule has 1 aromatic carbocycles. The Hall–Kier alpha value is -1.76. The van der Waals surface area contributed by atoms with Gasteiger partial charge in [0.2, 0.25) is 0 Å². The van der Waals surface area contributed by atoms with E-state index in [-0.39, 0.29) is 29.0 Å². The molecule has 7 heteroatoms. The van der Waals surface area contributed by atoms with Crippen LogP contribution in [0.1, 0.15) is 31.1 Å². The molecule has 1 unspecified atom stereocenters. The molecule has 1 atom stereocenters. The van der Waals surface area contributed by atoms with E-state index in [4.69, 9.17) is 14.6 Å². The summed E-state index contributed by atoms with van der Waals surface area (Å²) >= 11 is 3.24. The molecule has 0 bridgehead atoms. The van der Waals surface area contributed by atoms with Gasteiger partial charge in [0.05, 0.1) is 17.1 Å². The Balaban J connectivity index is 3.02. The van der Waals surface area contributed by atoms with Crippen molar-refractivity contribution >= 4 is 27.8 Å². The smallest absolute Gasteiger partial charge is 0.335 e. The Bertz CT molecular complexity index is 544. The summed E-state index contributed by atoms with van der Waals surface area (Å²) in [5, 5.41) is 11.7. The number of carbonyl (C=O) groups excluding carboxylic acids is 1. The zero-order valence-corrected chi connectivity index (χ0v) is 13.9. The predicted octanol–water partition coefficient (Wildman–Crippen LogP) is 2.45.